The Morgan fingerprint density at radius 1 is 1.33 bits per heavy atom. The summed E-state index contributed by atoms with van der Waals surface area (Å²) in [6.45, 7) is 0.482. The van der Waals surface area contributed by atoms with Gasteiger partial charge in [0.05, 0.1) is 0 Å². The molecule has 3 heterocycles. The molecule has 0 bridgehead atoms. The van der Waals surface area contributed by atoms with Gasteiger partial charge in [0.15, 0.2) is 0 Å². The van der Waals surface area contributed by atoms with E-state index in [1.807, 2.05) is 0 Å². The van der Waals surface area contributed by atoms with Crippen molar-refractivity contribution in [1.82, 2.24) is 14.5 Å². The number of pyridine rings is 1. The zero-order chi connectivity index (χ0) is 17.3. The van der Waals surface area contributed by atoms with Crippen molar-refractivity contribution in [2.75, 3.05) is 12.3 Å². The number of hydrogen-bond donors (Lipinski definition) is 4. The van der Waals surface area contributed by atoms with E-state index in [9.17, 15) is 14.0 Å². The van der Waals surface area contributed by atoms with Crippen LogP contribution in [0.2, 0.25) is 10.6 Å². The molecule has 1 fully saturated rings. The summed E-state index contributed by atoms with van der Waals surface area (Å²) in [5.74, 6) is 0. The molecule has 10 heteroatoms. The van der Waals surface area contributed by atoms with Crippen molar-refractivity contribution < 1.29 is 18.8 Å². The Hall–Kier alpha value is -1.42. The standard InChI is InChI=1S/C14H21N5O4Se/c15-3-1-5-24(22)6-9-11(20)12(21)14(23-9)19-7-18-10-8(16)2-4-17-13(10)19/h2,4,7,9,11-12,14,20-21H,1,3,5-6,15H2,(H2,16,17)/t9-,11?,12+,14-,24?/m1/s1. The first kappa shape index (κ1) is 17.4. The molecule has 9 nitrogen and oxygen atoms in total. The third kappa shape index (κ3) is 3.21. The van der Waals surface area contributed by atoms with Crippen molar-refractivity contribution in [2.24, 2.45) is 5.73 Å². The summed E-state index contributed by atoms with van der Waals surface area (Å²) in [7, 11) is 0. The second-order valence-corrected chi connectivity index (χ2v) is 9.12. The Morgan fingerprint density at radius 2 is 2.12 bits per heavy atom. The molecule has 2 aromatic heterocycles. The van der Waals surface area contributed by atoms with Crippen LogP contribution >= 0.6 is 0 Å². The topological polar surface area (TPSA) is 150 Å². The van der Waals surface area contributed by atoms with E-state index in [0.29, 0.717) is 35.1 Å². The number of rotatable bonds is 6. The molecule has 1 aliphatic rings. The van der Waals surface area contributed by atoms with E-state index < -0.39 is 38.4 Å². The number of nitrogens with two attached hydrogens (primary N) is 2. The molecule has 5 atom stereocenters. The summed E-state index contributed by atoms with van der Waals surface area (Å²) >= 11 is -2.15. The van der Waals surface area contributed by atoms with E-state index in [4.69, 9.17) is 16.2 Å². The first-order valence-corrected chi connectivity index (χ1v) is 10.8. The zero-order valence-corrected chi connectivity index (χ0v) is 14.7. The van der Waals surface area contributed by atoms with Gasteiger partial charge in [-0.15, -0.1) is 0 Å². The van der Waals surface area contributed by atoms with Gasteiger partial charge in [0.1, 0.15) is 0 Å². The molecule has 132 valence electrons. The number of imidazole rings is 1. The Labute approximate surface area is 142 Å². The number of hydrogen-bond acceptors (Lipinski definition) is 8. The van der Waals surface area contributed by atoms with Crippen LogP contribution in [0.15, 0.2) is 18.6 Å². The number of fused-ring (bicyclic) bond motifs is 1. The quantitative estimate of drug-likeness (QED) is 0.468. The fourth-order valence-corrected chi connectivity index (χ4v) is 5.47. The van der Waals surface area contributed by atoms with E-state index >= 15 is 0 Å². The number of nitrogens with zero attached hydrogens (tertiary/aromatic N) is 3. The summed E-state index contributed by atoms with van der Waals surface area (Å²) in [6.07, 6.45) is -0.135. The van der Waals surface area contributed by atoms with Gasteiger partial charge in [0, 0.05) is 0 Å². The van der Waals surface area contributed by atoms with Crippen LogP contribution in [0.1, 0.15) is 12.6 Å². The number of ether oxygens (including phenoxy) is 1. The van der Waals surface area contributed by atoms with Crippen LogP contribution in [0.25, 0.3) is 11.2 Å². The Kier molecular flexibility index (Phi) is 5.24. The van der Waals surface area contributed by atoms with Crippen LogP contribution in [-0.4, -0.2) is 63.4 Å². The number of aliphatic hydroxyl groups is 2. The fourth-order valence-electron chi connectivity index (χ4n) is 2.75. The second kappa shape index (κ2) is 7.22. The van der Waals surface area contributed by atoms with Crippen molar-refractivity contribution >= 4 is 30.7 Å². The van der Waals surface area contributed by atoms with Crippen LogP contribution in [0.4, 0.5) is 5.69 Å². The predicted octanol–water partition coefficient (Wildman–Crippen LogP) is -0.596. The molecule has 3 rings (SSSR count). The van der Waals surface area contributed by atoms with E-state index in [0.717, 1.165) is 0 Å². The molecule has 0 aromatic carbocycles. The molecular weight excluding hydrogens is 381 g/mol. The molecule has 0 radical (unpaired) electrons. The Balaban J connectivity index is 1.79. The summed E-state index contributed by atoms with van der Waals surface area (Å²) in [4.78, 5) is 8.40. The molecule has 0 aliphatic carbocycles. The van der Waals surface area contributed by atoms with E-state index in [1.54, 1.807) is 10.6 Å². The van der Waals surface area contributed by atoms with Gasteiger partial charge < -0.3 is 0 Å². The minimum atomic E-state index is -2.15. The van der Waals surface area contributed by atoms with Crippen LogP contribution in [0.5, 0.6) is 0 Å². The van der Waals surface area contributed by atoms with E-state index in [-0.39, 0.29) is 5.32 Å². The maximum absolute atomic E-state index is 12.1. The number of aromatic nitrogens is 3. The molecule has 1 aliphatic heterocycles. The second-order valence-electron chi connectivity index (χ2n) is 5.72. The number of anilines is 1. The maximum atomic E-state index is 12.1. The average Bonchev–Trinajstić information content (AvgIpc) is 3.10. The molecule has 1 saturated heterocycles. The van der Waals surface area contributed by atoms with Crippen LogP contribution in [0, 0.1) is 0 Å². The Bertz CT molecular complexity index is 739. The van der Waals surface area contributed by atoms with Gasteiger partial charge in [-0.1, -0.05) is 0 Å². The first-order chi connectivity index (χ1) is 11.5. The third-order valence-electron chi connectivity index (χ3n) is 4.03. The predicted molar refractivity (Wildman–Crippen MR) is 87.6 cm³/mol. The molecule has 0 amide bonds. The van der Waals surface area contributed by atoms with Gasteiger partial charge in [0.25, 0.3) is 0 Å². The normalized spacial score (nSPS) is 28.5. The number of nitrogen functional groups attached to an aromatic ring is 1. The minimum absolute atomic E-state index is 0.233. The molecule has 2 aromatic rings. The fraction of sp³-hybridized carbons (Fsp3) is 0.571. The summed E-state index contributed by atoms with van der Waals surface area (Å²) in [5, 5.41) is 21.3. The molecule has 6 N–H and O–H groups in total. The van der Waals surface area contributed by atoms with Crippen LogP contribution in [0.3, 0.4) is 0 Å². The molecular formula is C14H21N5O4Se. The van der Waals surface area contributed by atoms with E-state index in [1.165, 1.54) is 12.5 Å². The van der Waals surface area contributed by atoms with Gasteiger partial charge in [0.2, 0.25) is 0 Å². The monoisotopic (exact) mass is 403 g/mol. The van der Waals surface area contributed by atoms with Crippen molar-refractivity contribution in [3.05, 3.63) is 18.6 Å². The first-order valence-electron chi connectivity index (χ1n) is 7.66. The molecule has 2 unspecified atom stereocenters. The summed E-state index contributed by atoms with van der Waals surface area (Å²) < 4.78 is 19.4. The van der Waals surface area contributed by atoms with Crippen molar-refractivity contribution in [1.29, 1.82) is 0 Å². The summed E-state index contributed by atoms with van der Waals surface area (Å²) in [6, 6.07) is 1.63. The van der Waals surface area contributed by atoms with Crippen molar-refractivity contribution in [3.8, 4) is 0 Å². The van der Waals surface area contributed by atoms with Crippen molar-refractivity contribution in [3.63, 3.8) is 0 Å². The summed E-state index contributed by atoms with van der Waals surface area (Å²) in [5.41, 5.74) is 12.7. The third-order valence-corrected chi connectivity index (χ3v) is 7.06. The van der Waals surface area contributed by atoms with Gasteiger partial charge in [-0.2, -0.15) is 0 Å². The van der Waals surface area contributed by atoms with Gasteiger partial charge >= 0.3 is 142 Å². The zero-order valence-electron chi connectivity index (χ0n) is 13.0. The number of aliphatic hydroxyl groups excluding tert-OH is 2. The molecule has 0 spiro atoms. The van der Waals surface area contributed by atoms with Gasteiger partial charge in [-0.25, -0.2) is 0 Å². The van der Waals surface area contributed by atoms with E-state index in [2.05, 4.69) is 9.97 Å². The van der Waals surface area contributed by atoms with Crippen LogP contribution < -0.4 is 11.5 Å². The average molecular weight is 402 g/mol. The van der Waals surface area contributed by atoms with Crippen molar-refractivity contribution in [2.45, 2.75) is 41.6 Å². The van der Waals surface area contributed by atoms with Gasteiger partial charge in [-0.3, -0.25) is 0 Å². The van der Waals surface area contributed by atoms with Gasteiger partial charge in [-0.05, 0) is 0 Å². The molecule has 0 saturated carbocycles. The SMILES string of the molecule is NCCC[Se](=O)C[C@H]1O[C@@H](n2cnc3c(N)ccnc32)[C@@H](O)C1O. The molecule has 24 heavy (non-hydrogen) atoms. The van der Waals surface area contributed by atoms with Crippen LogP contribution in [-0.2, 0) is 8.57 Å². The Morgan fingerprint density at radius 3 is 2.88 bits per heavy atom.